The summed E-state index contributed by atoms with van der Waals surface area (Å²) in [7, 11) is 0. The maximum absolute atomic E-state index is 9.17. The molecule has 96 valence electrons. The van der Waals surface area contributed by atoms with Gasteiger partial charge in [-0.1, -0.05) is 11.6 Å². The van der Waals surface area contributed by atoms with Crippen LogP contribution in [-0.2, 0) is 4.74 Å². The molecule has 1 fully saturated rings. The molecule has 0 radical (unpaired) electrons. The average Bonchev–Trinajstić information content (AvgIpc) is 2.84. The molecule has 1 N–H and O–H groups in total. The van der Waals surface area contributed by atoms with Crippen molar-refractivity contribution in [1.82, 2.24) is 19.5 Å². The highest BCUT2D eigenvalue weighted by molar-refractivity contribution is 6.33. The summed E-state index contributed by atoms with van der Waals surface area (Å²) >= 11 is 5.96. The summed E-state index contributed by atoms with van der Waals surface area (Å²) in [6.45, 7) is 0.0405. The van der Waals surface area contributed by atoms with Gasteiger partial charge in [0.1, 0.15) is 18.1 Å². The van der Waals surface area contributed by atoms with E-state index in [2.05, 4.69) is 15.0 Å². The first-order valence-corrected chi connectivity index (χ1v) is 6.26. The summed E-state index contributed by atoms with van der Waals surface area (Å²) < 4.78 is 7.65. The van der Waals surface area contributed by atoms with Crippen molar-refractivity contribution >= 4 is 22.8 Å². The maximum atomic E-state index is 9.17. The van der Waals surface area contributed by atoms with E-state index >= 15 is 0 Å². The van der Waals surface area contributed by atoms with Gasteiger partial charge in [0.05, 0.1) is 19.0 Å². The number of fused-ring (bicyclic) bond motifs is 1. The van der Waals surface area contributed by atoms with Crippen LogP contribution in [0.1, 0.15) is 25.5 Å². The number of ether oxygens (including phenoxy) is 1. The fraction of sp³-hybridized carbons (Fsp3) is 0.545. The highest BCUT2D eigenvalue weighted by atomic mass is 35.5. The number of aliphatic hydroxyl groups excluding tert-OH is 1. The molecule has 2 aromatic heterocycles. The van der Waals surface area contributed by atoms with E-state index in [1.807, 2.05) is 4.57 Å². The number of imidazole rings is 1. The molecule has 0 saturated carbocycles. The number of hydrogen-bond acceptors (Lipinski definition) is 5. The predicted octanol–water partition coefficient (Wildman–Crippen LogP) is 1.54. The van der Waals surface area contributed by atoms with Gasteiger partial charge in [0.15, 0.2) is 10.8 Å². The summed E-state index contributed by atoms with van der Waals surface area (Å²) in [6.07, 6.45) is 5.59. The molecule has 0 unspecified atom stereocenters. The van der Waals surface area contributed by atoms with Gasteiger partial charge >= 0.3 is 0 Å². The molecule has 1 aliphatic rings. The zero-order valence-electron chi connectivity index (χ0n) is 9.66. The minimum absolute atomic E-state index is 0.0405. The number of rotatable bonds is 2. The topological polar surface area (TPSA) is 73.1 Å². The van der Waals surface area contributed by atoms with E-state index < -0.39 is 0 Å². The van der Waals surface area contributed by atoms with Crippen molar-refractivity contribution in [2.24, 2.45) is 0 Å². The van der Waals surface area contributed by atoms with Gasteiger partial charge in [-0.3, -0.25) is 4.57 Å². The molecule has 3 rings (SSSR count). The van der Waals surface area contributed by atoms with E-state index in [-0.39, 0.29) is 18.9 Å². The minimum atomic E-state index is -0.146. The monoisotopic (exact) mass is 268 g/mol. The Kier molecular flexibility index (Phi) is 3.15. The molecule has 1 saturated heterocycles. The van der Waals surface area contributed by atoms with Crippen LogP contribution in [0.3, 0.4) is 0 Å². The fourth-order valence-corrected chi connectivity index (χ4v) is 2.43. The second-order valence-electron chi connectivity index (χ2n) is 4.31. The van der Waals surface area contributed by atoms with Crippen LogP contribution in [0.2, 0.25) is 5.15 Å². The lowest BCUT2D eigenvalue weighted by molar-refractivity contribution is -0.105. The minimum Gasteiger partial charge on any atom is -0.394 e. The summed E-state index contributed by atoms with van der Waals surface area (Å²) in [5, 5.41) is 9.51. The van der Waals surface area contributed by atoms with Crippen molar-refractivity contribution in [3.05, 3.63) is 17.8 Å². The molecule has 2 atom stereocenters. The number of hydrogen-bond donors (Lipinski definition) is 1. The maximum Gasteiger partial charge on any atom is 0.166 e. The van der Waals surface area contributed by atoms with E-state index in [1.54, 1.807) is 6.33 Å². The zero-order valence-corrected chi connectivity index (χ0v) is 10.4. The molecule has 0 spiro atoms. The van der Waals surface area contributed by atoms with E-state index in [4.69, 9.17) is 21.4 Å². The van der Waals surface area contributed by atoms with Crippen LogP contribution in [0.5, 0.6) is 0 Å². The van der Waals surface area contributed by atoms with Gasteiger partial charge in [-0.25, -0.2) is 15.0 Å². The Morgan fingerprint density at radius 2 is 2.28 bits per heavy atom. The van der Waals surface area contributed by atoms with Crippen molar-refractivity contribution in [2.45, 2.75) is 31.6 Å². The molecule has 2 aromatic rings. The SMILES string of the molecule is OC[C@@H]1CCC[C@H](n2cnc3c(Cl)ncnc32)O1. The molecule has 0 amide bonds. The van der Waals surface area contributed by atoms with Crippen molar-refractivity contribution in [3.63, 3.8) is 0 Å². The van der Waals surface area contributed by atoms with Crippen LogP contribution >= 0.6 is 11.6 Å². The van der Waals surface area contributed by atoms with Crippen LogP contribution in [0, 0.1) is 0 Å². The Bertz CT molecular complexity index is 559. The molecule has 0 bridgehead atoms. The fourth-order valence-electron chi connectivity index (χ4n) is 2.25. The van der Waals surface area contributed by atoms with Gasteiger partial charge in [-0.05, 0) is 19.3 Å². The van der Waals surface area contributed by atoms with E-state index in [9.17, 15) is 0 Å². The Morgan fingerprint density at radius 3 is 3.11 bits per heavy atom. The number of nitrogens with zero attached hydrogens (tertiary/aromatic N) is 4. The third-order valence-electron chi connectivity index (χ3n) is 3.15. The standard InChI is InChI=1S/C11H13ClN4O2/c12-10-9-11(14-5-13-10)16(6-15-9)8-3-1-2-7(4-17)18-8/h5-8,17H,1-4H2/t7-,8+/m0/s1. The Hall–Kier alpha value is -1.24. The third-order valence-corrected chi connectivity index (χ3v) is 3.43. The third kappa shape index (κ3) is 1.96. The summed E-state index contributed by atoms with van der Waals surface area (Å²) in [5.74, 6) is 0. The number of aliphatic hydroxyl groups is 1. The molecule has 7 heteroatoms. The van der Waals surface area contributed by atoms with Gasteiger partial charge in [-0.15, -0.1) is 0 Å². The van der Waals surface area contributed by atoms with Gasteiger partial charge in [0, 0.05) is 0 Å². The van der Waals surface area contributed by atoms with Crippen LogP contribution < -0.4 is 0 Å². The Labute approximate surface area is 109 Å². The lowest BCUT2D eigenvalue weighted by atomic mass is 10.1. The van der Waals surface area contributed by atoms with Crippen molar-refractivity contribution in [3.8, 4) is 0 Å². The first-order valence-electron chi connectivity index (χ1n) is 5.89. The van der Waals surface area contributed by atoms with E-state index in [0.29, 0.717) is 16.3 Å². The normalized spacial score (nSPS) is 24.6. The second-order valence-corrected chi connectivity index (χ2v) is 4.67. The van der Waals surface area contributed by atoms with E-state index in [0.717, 1.165) is 19.3 Å². The van der Waals surface area contributed by atoms with Crippen molar-refractivity contribution < 1.29 is 9.84 Å². The molecule has 0 aromatic carbocycles. The van der Waals surface area contributed by atoms with Crippen molar-refractivity contribution in [2.75, 3.05) is 6.61 Å². The van der Waals surface area contributed by atoms with Crippen LogP contribution in [0.15, 0.2) is 12.7 Å². The summed E-state index contributed by atoms with van der Waals surface area (Å²) in [6, 6.07) is 0. The molecule has 1 aliphatic heterocycles. The van der Waals surface area contributed by atoms with Crippen molar-refractivity contribution in [1.29, 1.82) is 0 Å². The quantitative estimate of drug-likeness (QED) is 0.837. The molecular weight excluding hydrogens is 256 g/mol. The number of halogens is 1. The van der Waals surface area contributed by atoms with Gasteiger partial charge in [0.2, 0.25) is 0 Å². The van der Waals surface area contributed by atoms with Crippen LogP contribution in [-0.4, -0.2) is 37.3 Å². The van der Waals surface area contributed by atoms with Gasteiger partial charge in [0.25, 0.3) is 0 Å². The van der Waals surface area contributed by atoms with Crippen LogP contribution in [0.4, 0.5) is 0 Å². The highest BCUT2D eigenvalue weighted by Crippen LogP contribution is 2.29. The largest absolute Gasteiger partial charge is 0.394 e. The average molecular weight is 269 g/mol. The summed E-state index contributed by atoms with van der Waals surface area (Å²) in [4.78, 5) is 12.3. The number of aromatic nitrogens is 4. The molecule has 18 heavy (non-hydrogen) atoms. The second kappa shape index (κ2) is 4.79. The Balaban J connectivity index is 1.96. The van der Waals surface area contributed by atoms with Gasteiger partial charge < -0.3 is 9.84 Å². The lowest BCUT2D eigenvalue weighted by Crippen LogP contribution is -2.28. The highest BCUT2D eigenvalue weighted by Gasteiger charge is 2.25. The first kappa shape index (κ1) is 11.8. The molecule has 3 heterocycles. The van der Waals surface area contributed by atoms with Crippen LogP contribution in [0.25, 0.3) is 11.2 Å². The van der Waals surface area contributed by atoms with Gasteiger partial charge in [-0.2, -0.15) is 0 Å². The predicted molar refractivity (Wildman–Crippen MR) is 65.2 cm³/mol. The molecule has 0 aliphatic carbocycles. The lowest BCUT2D eigenvalue weighted by Gasteiger charge is -2.29. The molecular formula is C11H13ClN4O2. The Morgan fingerprint density at radius 1 is 1.39 bits per heavy atom. The summed E-state index contributed by atoms with van der Waals surface area (Å²) in [5.41, 5.74) is 1.24. The molecule has 6 nitrogen and oxygen atoms in total. The zero-order chi connectivity index (χ0) is 12.5. The smallest absolute Gasteiger partial charge is 0.166 e. The van der Waals surface area contributed by atoms with E-state index in [1.165, 1.54) is 6.33 Å². The first-order chi connectivity index (χ1) is 8.79.